The van der Waals surface area contributed by atoms with Gasteiger partial charge in [-0.05, 0) is 25.0 Å². The third-order valence-electron chi connectivity index (χ3n) is 5.26. The molecule has 3 heterocycles. The Balaban J connectivity index is 1.54. The zero-order valence-electron chi connectivity index (χ0n) is 13.5. The minimum Gasteiger partial charge on any atom is -0.497 e. The smallest absolute Gasteiger partial charge is 0.229 e. The van der Waals surface area contributed by atoms with E-state index in [0.717, 1.165) is 29.9 Å². The Hall–Kier alpha value is -2.01. The number of carbonyl (C=O) groups is 1. The molecule has 2 fully saturated rings. The number of fused-ring (bicyclic) bond motifs is 1. The highest BCUT2D eigenvalue weighted by Crippen LogP contribution is 2.48. The van der Waals surface area contributed by atoms with Gasteiger partial charge in [0.1, 0.15) is 17.1 Å². The van der Waals surface area contributed by atoms with Crippen molar-refractivity contribution >= 4 is 5.91 Å². The molecule has 0 aromatic heterocycles. The van der Waals surface area contributed by atoms with Crippen LogP contribution in [-0.4, -0.2) is 43.3 Å². The average molecular weight is 315 g/mol. The molecule has 4 rings (SSSR count). The molecular weight excluding hydrogens is 294 g/mol. The number of benzene rings is 1. The van der Waals surface area contributed by atoms with Gasteiger partial charge in [0.15, 0.2) is 0 Å². The van der Waals surface area contributed by atoms with Crippen LogP contribution in [0.1, 0.15) is 18.4 Å². The molecule has 1 aromatic carbocycles. The minimum atomic E-state index is -0.331. The average Bonchev–Trinajstić information content (AvgIpc) is 3.16. The number of rotatable bonds is 4. The van der Waals surface area contributed by atoms with Crippen molar-refractivity contribution in [2.45, 2.75) is 31.1 Å². The Morgan fingerprint density at radius 2 is 2.22 bits per heavy atom. The molecule has 3 atom stereocenters. The lowest BCUT2D eigenvalue weighted by Gasteiger charge is -2.40. The van der Waals surface area contributed by atoms with Crippen molar-refractivity contribution in [3.8, 4) is 11.5 Å². The number of hydrogen-bond acceptors (Lipinski definition) is 4. The minimum absolute atomic E-state index is 0.0320. The summed E-state index contributed by atoms with van der Waals surface area (Å²) >= 11 is 0. The quantitative estimate of drug-likeness (QED) is 0.799. The highest BCUT2D eigenvalue weighted by atomic mass is 16.5. The van der Waals surface area contributed by atoms with E-state index in [0.29, 0.717) is 13.1 Å². The van der Waals surface area contributed by atoms with Gasteiger partial charge in [-0.25, -0.2) is 0 Å². The molecule has 0 N–H and O–H groups in total. The van der Waals surface area contributed by atoms with Crippen molar-refractivity contribution in [1.29, 1.82) is 0 Å². The summed E-state index contributed by atoms with van der Waals surface area (Å²) in [7, 11) is 3.27. The molecule has 1 spiro atoms. The molecule has 23 heavy (non-hydrogen) atoms. The van der Waals surface area contributed by atoms with E-state index >= 15 is 0 Å². The number of likely N-dealkylation sites (tertiary alicyclic amines) is 1. The normalized spacial score (nSPS) is 31.4. The second-order valence-corrected chi connectivity index (χ2v) is 6.45. The largest absolute Gasteiger partial charge is 0.497 e. The van der Waals surface area contributed by atoms with Gasteiger partial charge in [0, 0.05) is 24.7 Å². The van der Waals surface area contributed by atoms with E-state index in [9.17, 15) is 4.79 Å². The zero-order chi connectivity index (χ0) is 16.0. The number of carbonyl (C=O) groups excluding carboxylic acids is 1. The van der Waals surface area contributed by atoms with E-state index in [1.807, 2.05) is 23.1 Å². The number of methoxy groups -OCH3 is 2. The maximum absolute atomic E-state index is 12.9. The van der Waals surface area contributed by atoms with E-state index in [1.165, 1.54) is 0 Å². The summed E-state index contributed by atoms with van der Waals surface area (Å²) in [6, 6.07) is 5.72. The summed E-state index contributed by atoms with van der Waals surface area (Å²) in [6.07, 6.45) is 6.01. The van der Waals surface area contributed by atoms with Crippen LogP contribution in [-0.2, 0) is 16.1 Å². The van der Waals surface area contributed by atoms with Gasteiger partial charge < -0.3 is 19.1 Å². The Labute approximate surface area is 135 Å². The molecule has 1 amide bonds. The fraction of sp³-hybridized carbons (Fsp3) is 0.500. The standard InChI is InChI=1S/C18H21NO4/c1-21-13-4-3-12(16(10-13)22-2)11-19-8-7-18-6-5-14(23-18)9-15(18)17(19)20/h3-6,10,14-15H,7-9,11H2,1-2H3/t14-,15+,18?/m0/s1. The van der Waals surface area contributed by atoms with E-state index in [1.54, 1.807) is 14.2 Å². The number of nitrogens with zero attached hydrogens (tertiary/aromatic N) is 1. The number of piperidine rings is 1. The molecule has 1 aromatic rings. The highest BCUT2D eigenvalue weighted by Gasteiger charge is 2.56. The van der Waals surface area contributed by atoms with Crippen LogP contribution in [0, 0.1) is 5.92 Å². The fourth-order valence-corrected chi connectivity index (χ4v) is 4.00. The molecule has 5 nitrogen and oxygen atoms in total. The summed E-state index contributed by atoms with van der Waals surface area (Å²) in [5, 5.41) is 0. The van der Waals surface area contributed by atoms with E-state index in [-0.39, 0.29) is 23.5 Å². The highest BCUT2D eigenvalue weighted by molar-refractivity contribution is 5.82. The molecule has 0 saturated carbocycles. The van der Waals surface area contributed by atoms with Crippen LogP contribution < -0.4 is 9.47 Å². The summed E-state index contributed by atoms with van der Waals surface area (Å²) in [4.78, 5) is 14.8. The zero-order valence-corrected chi connectivity index (χ0v) is 13.5. The van der Waals surface area contributed by atoms with Crippen LogP contribution in [0.2, 0.25) is 0 Å². The van der Waals surface area contributed by atoms with Gasteiger partial charge >= 0.3 is 0 Å². The van der Waals surface area contributed by atoms with Gasteiger partial charge in [-0.1, -0.05) is 12.2 Å². The summed E-state index contributed by atoms with van der Waals surface area (Å²) in [5.41, 5.74) is 0.666. The Morgan fingerprint density at radius 3 is 2.96 bits per heavy atom. The van der Waals surface area contributed by atoms with Crippen molar-refractivity contribution in [2.24, 2.45) is 5.92 Å². The van der Waals surface area contributed by atoms with Gasteiger partial charge in [-0.2, -0.15) is 0 Å². The van der Waals surface area contributed by atoms with Crippen LogP contribution >= 0.6 is 0 Å². The number of amides is 1. The Kier molecular flexibility index (Phi) is 3.34. The summed E-state index contributed by atoms with van der Waals surface area (Å²) in [5.74, 6) is 1.67. The van der Waals surface area contributed by atoms with E-state index in [2.05, 4.69) is 12.2 Å². The summed E-state index contributed by atoms with van der Waals surface area (Å²) in [6.45, 7) is 1.27. The lowest BCUT2D eigenvalue weighted by atomic mass is 9.77. The molecule has 0 radical (unpaired) electrons. The first-order valence-electron chi connectivity index (χ1n) is 8.02. The predicted octanol–water partition coefficient (Wildman–Crippen LogP) is 2.15. The van der Waals surface area contributed by atoms with Crippen LogP contribution in [0.15, 0.2) is 30.4 Å². The van der Waals surface area contributed by atoms with Gasteiger partial charge in [0.2, 0.25) is 5.91 Å². The second kappa shape index (κ2) is 5.27. The van der Waals surface area contributed by atoms with Gasteiger partial charge in [0.05, 0.1) is 26.2 Å². The van der Waals surface area contributed by atoms with Gasteiger partial charge in [-0.3, -0.25) is 4.79 Å². The molecule has 2 saturated heterocycles. The van der Waals surface area contributed by atoms with E-state index < -0.39 is 0 Å². The Bertz CT molecular complexity index is 671. The van der Waals surface area contributed by atoms with Crippen molar-refractivity contribution in [1.82, 2.24) is 4.90 Å². The van der Waals surface area contributed by atoms with Crippen LogP contribution in [0.3, 0.4) is 0 Å². The molecule has 122 valence electrons. The van der Waals surface area contributed by atoms with Gasteiger partial charge in [-0.15, -0.1) is 0 Å². The monoisotopic (exact) mass is 315 g/mol. The lowest BCUT2D eigenvalue weighted by molar-refractivity contribution is -0.146. The van der Waals surface area contributed by atoms with Crippen LogP contribution in [0.5, 0.6) is 11.5 Å². The van der Waals surface area contributed by atoms with Crippen molar-refractivity contribution in [3.63, 3.8) is 0 Å². The van der Waals surface area contributed by atoms with Crippen molar-refractivity contribution in [2.75, 3.05) is 20.8 Å². The van der Waals surface area contributed by atoms with E-state index in [4.69, 9.17) is 14.2 Å². The van der Waals surface area contributed by atoms with Crippen molar-refractivity contribution in [3.05, 3.63) is 35.9 Å². The molecular formula is C18H21NO4. The predicted molar refractivity (Wildman–Crippen MR) is 84.4 cm³/mol. The second-order valence-electron chi connectivity index (χ2n) is 6.45. The fourth-order valence-electron chi connectivity index (χ4n) is 4.00. The molecule has 2 bridgehead atoms. The Morgan fingerprint density at radius 1 is 1.35 bits per heavy atom. The lowest BCUT2D eigenvalue weighted by Crippen LogP contribution is -2.52. The molecule has 3 aliphatic heterocycles. The summed E-state index contributed by atoms with van der Waals surface area (Å²) < 4.78 is 16.7. The third-order valence-corrected chi connectivity index (χ3v) is 5.26. The number of ether oxygens (including phenoxy) is 3. The SMILES string of the molecule is COc1ccc(CN2CCC34C=C[C@@H](C[C@@H]3C2=O)O4)c(OC)c1. The topological polar surface area (TPSA) is 48.0 Å². The first kappa shape index (κ1) is 14.6. The first-order valence-corrected chi connectivity index (χ1v) is 8.02. The van der Waals surface area contributed by atoms with Crippen LogP contribution in [0.4, 0.5) is 0 Å². The molecule has 0 aliphatic carbocycles. The van der Waals surface area contributed by atoms with Crippen LogP contribution in [0.25, 0.3) is 0 Å². The maximum Gasteiger partial charge on any atom is 0.229 e. The maximum atomic E-state index is 12.9. The molecule has 3 aliphatic rings. The molecule has 5 heteroatoms. The molecule has 1 unspecified atom stereocenters. The third kappa shape index (κ3) is 2.22. The first-order chi connectivity index (χ1) is 11.1. The van der Waals surface area contributed by atoms with Crippen molar-refractivity contribution < 1.29 is 19.0 Å². The van der Waals surface area contributed by atoms with Gasteiger partial charge in [0.25, 0.3) is 0 Å². The number of hydrogen-bond donors (Lipinski definition) is 0.